The van der Waals surface area contributed by atoms with Gasteiger partial charge < -0.3 is 19.8 Å². The minimum atomic E-state index is -0.597. The zero-order chi connectivity index (χ0) is 26.7. The lowest BCUT2D eigenvalue weighted by Crippen LogP contribution is -2.56. The quantitative estimate of drug-likeness (QED) is 0.281. The number of rotatable bonds is 14. The van der Waals surface area contributed by atoms with Crippen molar-refractivity contribution in [3.8, 4) is 0 Å². The summed E-state index contributed by atoms with van der Waals surface area (Å²) in [6.45, 7) is 17.9. The van der Waals surface area contributed by atoms with Gasteiger partial charge in [0, 0.05) is 43.6 Å². The smallest absolute Gasteiger partial charge is 0.247 e. The summed E-state index contributed by atoms with van der Waals surface area (Å²) < 4.78 is -0.965. The Bertz CT molecular complexity index is 864. The fourth-order valence-electron chi connectivity index (χ4n) is 6.66. The molecule has 202 valence electrons. The van der Waals surface area contributed by atoms with Crippen LogP contribution in [0.25, 0.3) is 0 Å². The third-order valence-corrected chi connectivity index (χ3v) is 10.2. The third kappa shape index (κ3) is 4.87. The van der Waals surface area contributed by atoms with Crippen LogP contribution in [0.3, 0.4) is 0 Å². The number of aliphatic hydroxyl groups excluding tert-OH is 1. The summed E-state index contributed by atoms with van der Waals surface area (Å²) in [5, 5.41) is 9.22. The molecule has 1 spiro atoms. The molecule has 8 heteroatoms. The molecule has 0 radical (unpaired) electrons. The van der Waals surface area contributed by atoms with Gasteiger partial charge in [-0.15, -0.1) is 24.9 Å². The average molecular weight is 520 g/mol. The van der Waals surface area contributed by atoms with Crippen LogP contribution in [0.2, 0.25) is 0 Å². The van der Waals surface area contributed by atoms with E-state index in [1.54, 1.807) is 28.8 Å². The molecule has 0 aromatic carbocycles. The second-order valence-corrected chi connectivity index (χ2v) is 12.9. The lowest BCUT2D eigenvalue weighted by atomic mass is 9.66. The highest BCUT2D eigenvalue weighted by molar-refractivity contribution is 8.02. The van der Waals surface area contributed by atoms with Crippen LogP contribution in [0.1, 0.15) is 66.2 Å². The molecule has 0 saturated carbocycles. The summed E-state index contributed by atoms with van der Waals surface area (Å²) in [5.74, 6) is -1.01. The molecule has 3 fully saturated rings. The van der Waals surface area contributed by atoms with Crippen LogP contribution in [0.15, 0.2) is 25.3 Å². The Labute approximate surface area is 221 Å². The molecule has 3 heterocycles. The van der Waals surface area contributed by atoms with E-state index in [1.807, 2.05) is 30.6 Å². The monoisotopic (exact) mass is 519 g/mol. The molecule has 3 aliphatic heterocycles. The fraction of sp³-hybridized carbons (Fsp3) is 0.750. The second-order valence-electron chi connectivity index (χ2n) is 11.0. The van der Waals surface area contributed by atoms with Crippen molar-refractivity contribution in [2.75, 3.05) is 32.8 Å². The Balaban J connectivity index is 2.04. The van der Waals surface area contributed by atoms with Gasteiger partial charge in [-0.3, -0.25) is 14.4 Å². The highest BCUT2D eigenvalue weighted by atomic mass is 32.2. The predicted octanol–water partition coefficient (Wildman–Crippen LogP) is 3.48. The first-order valence-electron chi connectivity index (χ1n) is 13.6. The van der Waals surface area contributed by atoms with Crippen molar-refractivity contribution < 1.29 is 19.5 Å². The van der Waals surface area contributed by atoms with Gasteiger partial charge in [-0.2, -0.15) is 0 Å². The van der Waals surface area contributed by atoms with Gasteiger partial charge in [-0.1, -0.05) is 19.1 Å². The standard InChI is InChI=1S/C28H45N3O4S/c1-7-15-29(16-8-2)24(33)21-22-25(34)31(18-11-10-12-19-32)23(26(35)30(17-9-3)20(4)5)28(22)14-13-27(21,6)36-28/h7,9,20-23,32H,1,3,8,10-19H2,2,4-6H3/t21-,22-,23?,27+,28?/m0/s1. The molecule has 5 atom stereocenters. The summed E-state index contributed by atoms with van der Waals surface area (Å²) in [5.41, 5.74) is 0. The van der Waals surface area contributed by atoms with Crippen molar-refractivity contribution in [2.24, 2.45) is 11.8 Å². The summed E-state index contributed by atoms with van der Waals surface area (Å²) in [4.78, 5) is 47.8. The van der Waals surface area contributed by atoms with Gasteiger partial charge in [0.2, 0.25) is 17.7 Å². The summed E-state index contributed by atoms with van der Waals surface area (Å²) in [6.07, 6.45) is 8.08. The van der Waals surface area contributed by atoms with Gasteiger partial charge in [0.25, 0.3) is 0 Å². The zero-order valence-electron chi connectivity index (χ0n) is 22.6. The highest BCUT2D eigenvalue weighted by Gasteiger charge is 2.77. The van der Waals surface area contributed by atoms with Crippen LogP contribution in [0.5, 0.6) is 0 Å². The van der Waals surface area contributed by atoms with E-state index < -0.39 is 22.6 Å². The Morgan fingerprint density at radius 2 is 1.86 bits per heavy atom. The number of thioether (sulfide) groups is 1. The maximum Gasteiger partial charge on any atom is 0.247 e. The normalized spacial score (nSPS) is 30.6. The van der Waals surface area contributed by atoms with Gasteiger partial charge in [-0.25, -0.2) is 0 Å². The van der Waals surface area contributed by atoms with E-state index in [9.17, 15) is 19.5 Å². The van der Waals surface area contributed by atoms with Crippen molar-refractivity contribution in [1.29, 1.82) is 0 Å². The van der Waals surface area contributed by atoms with Crippen LogP contribution in [0.4, 0.5) is 0 Å². The first-order valence-corrected chi connectivity index (χ1v) is 14.4. The van der Waals surface area contributed by atoms with Gasteiger partial charge >= 0.3 is 0 Å². The molecule has 0 aliphatic carbocycles. The molecule has 2 bridgehead atoms. The van der Waals surface area contributed by atoms with Gasteiger partial charge in [0.1, 0.15) is 6.04 Å². The molecule has 7 nitrogen and oxygen atoms in total. The second kappa shape index (κ2) is 11.7. The number of fused-ring (bicyclic) bond motifs is 1. The molecule has 0 aromatic rings. The lowest BCUT2D eigenvalue weighted by molar-refractivity contribution is -0.146. The molecule has 3 rings (SSSR count). The number of aliphatic hydroxyl groups is 1. The Morgan fingerprint density at radius 1 is 1.17 bits per heavy atom. The molecule has 3 aliphatic rings. The van der Waals surface area contributed by atoms with Crippen molar-refractivity contribution in [3.63, 3.8) is 0 Å². The Kier molecular flexibility index (Phi) is 9.36. The lowest BCUT2D eigenvalue weighted by Gasteiger charge is -2.39. The van der Waals surface area contributed by atoms with E-state index in [0.717, 1.165) is 32.1 Å². The number of hydrogen-bond donors (Lipinski definition) is 1. The summed E-state index contributed by atoms with van der Waals surface area (Å²) >= 11 is 1.73. The molecular weight excluding hydrogens is 474 g/mol. The molecular formula is C28H45N3O4S. The van der Waals surface area contributed by atoms with Crippen LogP contribution in [-0.4, -0.2) is 91.9 Å². The number of likely N-dealkylation sites (tertiary alicyclic amines) is 1. The fourth-order valence-corrected chi connectivity index (χ4v) is 9.00. The minimum Gasteiger partial charge on any atom is -0.396 e. The molecule has 3 amide bonds. The van der Waals surface area contributed by atoms with Crippen molar-refractivity contribution in [1.82, 2.24) is 14.7 Å². The van der Waals surface area contributed by atoms with Crippen LogP contribution in [-0.2, 0) is 14.4 Å². The van der Waals surface area contributed by atoms with Gasteiger partial charge in [0.05, 0.1) is 16.6 Å². The third-order valence-electron chi connectivity index (χ3n) is 8.22. The van der Waals surface area contributed by atoms with E-state index in [0.29, 0.717) is 32.6 Å². The Hall–Kier alpha value is -1.80. The number of hydrogen-bond acceptors (Lipinski definition) is 5. The largest absolute Gasteiger partial charge is 0.396 e. The van der Waals surface area contributed by atoms with E-state index >= 15 is 0 Å². The number of carbonyl (C=O) groups is 3. The van der Waals surface area contributed by atoms with E-state index in [4.69, 9.17) is 0 Å². The average Bonchev–Trinajstić information content (AvgIpc) is 3.40. The van der Waals surface area contributed by atoms with Crippen LogP contribution in [0, 0.1) is 11.8 Å². The zero-order valence-corrected chi connectivity index (χ0v) is 23.4. The van der Waals surface area contributed by atoms with Crippen molar-refractivity contribution >= 4 is 29.5 Å². The van der Waals surface area contributed by atoms with Crippen LogP contribution >= 0.6 is 11.8 Å². The molecule has 3 saturated heterocycles. The molecule has 0 aromatic heterocycles. The Morgan fingerprint density at radius 3 is 2.44 bits per heavy atom. The molecule has 2 unspecified atom stereocenters. The topological polar surface area (TPSA) is 81.2 Å². The van der Waals surface area contributed by atoms with Crippen molar-refractivity contribution in [3.05, 3.63) is 25.3 Å². The molecule has 1 N–H and O–H groups in total. The maximum atomic E-state index is 14.2. The predicted molar refractivity (Wildman–Crippen MR) is 145 cm³/mol. The number of amides is 3. The van der Waals surface area contributed by atoms with Gasteiger partial charge in [0.15, 0.2) is 0 Å². The first kappa shape index (κ1) is 28.8. The van der Waals surface area contributed by atoms with E-state index in [-0.39, 0.29) is 35.1 Å². The van der Waals surface area contributed by atoms with E-state index in [2.05, 4.69) is 20.1 Å². The molecule has 36 heavy (non-hydrogen) atoms. The van der Waals surface area contributed by atoms with Gasteiger partial charge in [-0.05, 0) is 59.3 Å². The number of unbranched alkanes of at least 4 members (excludes halogenated alkanes) is 2. The first-order chi connectivity index (χ1) is 17.1. The van der Waals surface area contributed by atoms with Crippen molar-refractivity contribution in [2.45, 2.75) is 87.8 Å². The minimum absolute atomic E-state index is 0.0202. The maximum absolute atomic E-state index is 14.2. The number of carbonyl (C=O) groups excluding carboxylic acids is 3. The van der Waals surface area contributed by atoms with Crippen LogP contribution < -0.4 is 0 Å². The van der Waals surface area contributed by atoms with E-state index in [1.165, 1.54) is 0 Å². The summed E-state index contributed by atoms with van der Waals surface area (Å²) in [7, 11) is 0. The summed E-state index contributed by atoms with van der Waals surface area (Å²) in [6, 6.07) is -0.614. The number of nitrogens with zero attached hydrogens (tertiary/aromatic N) is 3. The SMILES string of the molecule is C=CCN(CCC)C(=O)[C@@H]1[C@H]2C(=O)N(CCCCCO)C(C(=O)N(CC=C)C(C)C)C23CC[C@@]1(C)S3. The highest BCUT2D eigenvalue weighted by Crippen LogP contribution is 2.71.